The van der Waals surface area contributed by atoms with E-state index in [1.54, 1.807) is 30.3 Å². The molecule has 0 saturated carbocycles. The fraction of sp³-hybridized carbons (Fsp3) is 0.231. The van der Waals surface area contributed by atoms with Gasteiger partial charge in [-0.15, -0.1) is 0 Å². The minimum atomic E-state index is -0.113. The molecule has 2 rings (SSSR count). The second-order valence-electron chi connectivity index (χ2n) is 3.77. The van der Waals surface area contributed by atoms with Gasteiger partial charge in [-0.3, -0.25) is 14.5 Å². The molecule has 0 N–H and O–H groups in total. The molecule has 0 radical (unpaired) electrons. The van der Waals surface area contributed by atoms with Crippen LogP contribution in [0.3, 0.4) is 0 Å². The van der Waals surface area contributed by atoms with Gasteiger partial charge in [0.25, 0.3) is 5.91 Å². The van der Waals surface area contributed by atoms with Crippen molar-refractivity contribution in [1.82, 2.24) is 0 Å². The van der Waals surface area contributed by atoms with Crippen molar-refractivity contribution in [1.29, 1.82) is 0 Å². The van der Waals surface area contributed by atoms with Crippen LogP contribution >= 0.6 is 0 Å². The summed E-state index contributed by atoms with van der Waals surface area (Å²) in [6, 6.07) is 6.91. The number of ketones is 1. The van der Waals surface area contributed by atoms with E-state index >= 15 is 0 Å². The Hall–Kier alpha value is -1.94. The van der Waals surface area contributed by atoms with Crippen molar-refractivity contribution < 1.29 is 14.3 Å². The van der Waals surface area contributed by atoms with Gasteiger partial charge in [-0.1, -0.05) is 6.08 Å². The number of carbonyl (C=O) groups excluding carboxylic acids is 2. The largest absolute Gasteiger partial charge is 0.357 e. The lowest BCUT2D eigenvalue weighted by molar-refractivity contribution is -0.114. The van der Waals surface area contributed by atoms with E-state index in [0.29, 0.717) is 12.2 Å². The molecule has 0 saturated heterocycles. The molecular formula is C13H13NO3. The van der Waals surface area contributed by atoms with Crippen molar-refractivity contribution in [2.45, 2.75) is 6.92 Å². The van der Waals surface area contributed by atoms with E-state index in [4.69, 9.17) is 4.74 Å². The molecular weight excluding hydrogens is 218 g/mol. The molecule has 1 aromatic carbocycles. The molecule has 4 heteroatoms. The fourth-order valence-electron chi connectivity index (χ4n) is 1.59. The molecule has 0 spiro atoms. The quantitative estimate of drug-likeness (QED) is 0.729. The van der Waals surface area contributed by atoms with Crippen LogP contribution in [0.2, 0.25) is 0 Å². The fourth-order valence-corrected chi connectivity index (χ4v) is 1.59. The SMILES string of the molecule is CC(=O)c1ccc(N2COCC=CC2=O)cc1. The monoisotopic (exact) mass is 231 g/mol. The lowest BCUT2D eigenvalue weighted by Gasteiger charge is -2.19. The average Bonchev–Trinajstić information content (AvgIpc) is 2.54. The first-order valence-electron chi connectivity index (χ1n) is 5.35. The number of benzene rings is 1. The van der Waals surface area contributed by atoms with Crippen molar-refractivity contribution in [2.75, 3.05) is 18.2 Å². The van der Waals surface area contributed by atoms with Crippen LogP contribution in [0.1, 0.15) is 17.3 Å². The Morgan fingerprint density at radius 2 is 2.00 bits per heavy atom. The van der Waals surface area contributed by atoms with Gasteiger partial charge < -0.3 is 4.74 Å². The molecule has 0 aliphatic carbocycles. The molecule has 0 atom stereocenters. The van der Waals surface area contributed by atoms with E-state index in [0.717, 1.165) is 5.69 Å². The Morgan fingerprint density at radius 3 is 2.65 bits per heavy atom. The van der Waals surface area contributed by atoms with Crippen molar-refractivity contribution in [3.05, 3.63) is 42.0 Å². The highest BCUT2D eigenvalue weighted by Gasteiger charge is 2.15. The summed E-state index contributed by atoms with van der Waals surface area (Å²) in [6.07, 6.45) is 3.18. The normalized spacial score (nSPS) is 15.8. The number of hydrogen-bond donors (Lipinski definition) is 0. The molecule has 1 heterocycles. The topological polar surface area (TPSA) is 46.6 Å². The molecule has 1 aromatic rings. The maximum atomic E-state index is 11.7. The minimum Gasteiger partial charge on any atom is -0.357 e. The van der Waals surface area contributed by atoms with Gasteiger partial charge in [0, 0.05) is 17.3 Å². The third kappa shape index (κ3) is 2.60. The van der Waals surface area contributed by atoms with Crippen LogP contribution < -0.4 is 4.90 Å². The number of carbonyl (C=O) groups is 2. The number of nitrogens with zero attached hydrogens (tertiary/aromatic N) is 1. The smallest absolute Gasteiger partial charge is 0.252 e. The van der Waals surface area contributed by atoms with Crippen LogP contribution in [0.15, 0.2) is 36.4 Å². The number of Topliss-reactive ketones (excluding diaryl/α,β-unsaturated/α-hetero) is 1. The van der Waals surface area contributed by atoms with Crippen LogP contribution in [0.25, 0.3) is 0 Å². The predicted molar refractivity (Wildman–Crippen MR) is 63.9 cm³/mol. The van der Waals surface area contributed by atoms with Gasteiger partial charge in [0.05, 0.1) is 6.61 Å². The van der Waals surface area contributed by atoms with Gasteiger partial charge in [-0.05, 0) is 31.2 Å². The molecule has 1 amide bonds. The summed E-state index contributed by atoms with van der Waals surface area (Å²) in [5.41, 5.74) is 1.36. The Labute approximate surface area is 99.5 Å². The summed E-state index contributed by atoms with van der Waals surface area (Å²) in [4.78, 5) is 24.4. The van der Waals surface area contributed by atoms with Gasteiger partial charge in [0.1, 0.15) is 6.73 Å². The van der Waals surface area contributed by atoms with E-state index in [1.165, 1.54) is 17.9 Å². The molecule has 0 unspecified atom stereocenters. The molecule has 0 fully saturated rings. The summed E-state index contributed by atoms with van der Waals surface area (Å²) < 4.78 is 5.26. The van der Waals surface area contributed by atoms with Gasteiger partial charge in [0.15, 0.2) is 5.78 Å². The zero-order valence-corrected chi connectivity index (χ0v) is 9.55. The summed E-state index contributed by atoms with van der Waals surface area (Å²) >= 11 is 0. The molecule has 1 aliphatic rings. The summed E-state index contributed by atoms with van der Waals surface area (Å²) in [6.45, 7) is 2.18. The molecule has 17 heavy (non-hydrogen) atoms. The lowest BCUT2D eigenvalue weighted by atomic mass is 10.1. The minimum absolute atomic E-state index is 0.00916. The summed E-state index contributed by atoms with van der Waals surface area (Å²) in [5, 5.41) is 0. The summed E-state index contributed by atoms with van der Waals surface area (Å²) in [5.74, 6) is -0.104. The molecule has 88 valence electrons. The van der Waals surface area contributed by atoms with Gasteiger partial charge in [-0.2, -0.15) is 0 Å². The van der Waals surface area contributed by atoms with Crippen LogP contribution in [-0.2, 0) is 9.53 Å². The second kappa shape index (κ2) is 4.93. The maximum Gasteiger partial charge on any atom is 0.252 e. The number of anilines is 1. The zero-order chi connectivity index (χ0) is 12.3. The molecule has 0 bridgehead atoms. The van der Waals surface area contributed by atoms with Crippen molar-refractivity contribution in [2.24, 2.45) is 0 Å². The van der Waals surface area contributed by atoms with Gasteiger partial charge in [-0.25, -0.2) is 0 Å². The van der Waals surface area contributed by atoms with Crippen molar-refractivity contribution in [3.63, 3.8) is 0 Å². The lowest BCUT2D eigenvalue weighted by Crippen LogP contribution is -2.30. The average molecular weight is 231 g/mol. The van der Waals surface area contributed by atoms with Crippen LogP contribution in [0.5, 0.6) is 0 Å². The van der Waals surface area contributed by atoms with Crippen molar-refractivity contribution >= 4 is 17.4 Å². The third-order valence-electron chi connectivity index (χ3n) is 2.55. The second-order valence-corrected chi connectivity index (χ2v) is 3.77. The Bertz CT molecular complexity index is 462. The van der Waals surface area contributed by atoms with E-state index in [9.17, 15) is 9.59 Å². The highest BCUT2D eigenvalue weighted by atomic mass is 16.5. The summed E-state index contributed by atoms with van der Waals surface area (Å²) in [7, 11) is 0. The Balaban J connectivity index is 2.24. The first-order chi connectivity index (χ1) is 8.18. The Morgan fingerprint density at radius 1 is 1.29 bits per heavy atom. The van der Waals surface area contributed by atoms with Gasteiger partial charge in [0.2, 0.25) is 0 Å². The number of rotatable bonds is 2. The first kappa shape index (κ1) is 11.5. The molecule has 0 aromatic heterocycles. The highest BCUT2D eigenvalue weighted by Crippen LogP contribution is 2.17. The number of hydrogen-bond acceptors (Lipinski definition) is 3. The highest BCUT2D eigenvalue weighted by molar-refractivity contribution is 6.02. The van der Waals surface area contributed by atoms with E-state index in [-0.39, 0.29) is 18.4 Å². The van der Waals surface area contributed by atoms with E-state index in [1.807, 2.05) is 0 Å². The number of ether oxygens (including phenoxy) is 1. The van der Waals surface area contributed by atoms with Crippen molar-refractivity contribution in [3.8, 4) is 0 Å². The van der Waals surface area contributed by atoms with Crippen LogP contribution in [0, 0.1) is 0 Å². The third-order valence-corrected chi connectivity index (χ3v) is 2.55. The number of amides is 1. The molecule has 1 aliphatic heterocycles. The maximum absolute atomic E-state index is 11.7. The van der Waals surface area contributed by atoms with Crippen LogP contribution in [-0.4, -0.2) is 25.0 Å². The van der Waals surface area contributed by atoms with E-state index in [2.05, 4.69) is 0 Å². The standard InChI is InChI=1S/C13H13NO3/c1-10(15)11-4-6-12(7-5-11)14-9-17-8-2-3-13(14)16/h2-7H,8-9H2,1H3. The first-order valence-corrected chi connectivity index (χ1v) is 5.35. The molecule has 4 nitrogen and oxygen atoms in total. The van der Waals surface area contributed by atoms with E-state index < -0.39 is 0 Å². The van der Waals surface area contributed by atoms with Gasteiger partial charge >= 0.3 is 0 Å². The predicted octanol–water partition coefficient (Wildman–Crippen LogP) is 1.77. The Kier molecular flexibility index (Phi) is 3.35. The zero-order valence-electron chi connectivity index (χ0n) is 9.55. The van der Waals surface area contributed by atoms with Crippen LogP contribution in [0.4, 0.5) is 5.69 Å².